The number of hydrogen-bond acceptors (Lipinski definition) is 0. The third-order valence-corrected chi connectivity index (χ3v) is 2.70. The maximum absolute atomic E-state index is 3.88. The maximum Gasteiger partial charge on any atom is 0.0879 e. The van der Waals surface area contributed by atoms with Gasteiger partial charge in [0.1, 0.15) is 0 Å². The van der Waals surface area contributed by atoms with E-state index in [1.807, 2.05) is 0 Å². The Labute approximate surface area is 73.8 Å². The minimum absolute atomic E-state index is 0.606. The van der Waals surface area contributed by atoms with Gasteiger partial charge in [0.05, 0.1) is 6.04 Å². The van der Waals surface area contributed by atoms with E-state index in [1.165, 1.54) is 30.4 Å². The van der Waals surface area contributed by atoms with E-state index in [1.54, 1.807) is 0 Å². The van der Waals surface area contributed by atoms with Crippen molar-refractivity contribution in [1.29, 1.82) is 0 Å². The lowest BCUT2D eigenvalue weighted by Crippen LogP contribution is -2.78. The lowest BCUT2D eigenvalue weighted by atomic mass is 9.88. The van der Waals surface area contributed by atoms with E-state index in [0.29, 0.717) is 6.04 Å². The van der Waals surface area contributed by atoms with E-state index in [4.69, 9.17) is 0 Å². The fourth-order valence-corrected chi connectivity index (χ4v) is 2.04. The van der Waals surface area contributed by atoms with Crippen molar-refractivity contribution in [3.8, 4) is 0 Å². The minimum Gasteiger partial charge on any atom is -0.473 e. The lowest BCUT2D eigenvalue weighted by Gasteiger charge is -2.24. The highest BCUT2D eigenvalue weighted by Crippen LogP contribution is 2.26. The molecule has 0 spiro atoms. The molecule has 2 N–H and O–H groups in total. The van der Waals surface area contributed by atoms with Gasteiger partial charge in [0, 0.05) is 12.0 Å². The molecule has 0 radical (unpaired) electrons. The van der Waals surface area contributed by atoms with Gasteiger partial charge in [-0.15, -0.1) is 0 Å². The Morgan fingerprint density at radius 2 is 2.17 bits per heavy atom. The molecule has 0 aliphatic heterocycles. The van der Waals surface area contributed by atoms with Crippen LogP contribution in [0, 0.1) is 7.05 Å². The molecule has 1 heteroatoms. The van der Waals surface area contributed by atoms with E-state index in [0.717, 1.165) is 0 Å². The van der Waals surface area contributed by atoms with Crippen molar-refractivity contribution in [1.82, 2.24) is 0 Å². The zero-order valence-electron chi connectivity index (χ0n) is 7.29. The third kappa shape index (κ3) is 1.25. The number of benzene rings is 1. The van der Waals surface area contributed by atoms with Gasteiger partial charge in [0.25, 0.3) is 0 Å². The summed E-state index contributed by atoms with van der Waals surface area (Å²) in [5.74, 6) is 0. The summed E-state index contributed by atoms with van der Waals surface area (Å²) in [5, 5.41) is 2.08. The quantitative estimate of drug-likeness (QED) is 0.600. The second kappa shape index (κ2) is 3.28. The molecule has 12 heavy (non-hydrogen) atoms. The first-order valence-electron chi connectivity index (χ1n) is 4.62. The average Bonchev–Trinajstić information content (AvgIpc) is 2.17. The summed E-state index contributed by atoms with van der Waals surface area (Å²) >= 11 is 0. The van der Waals surface area contributed by atoms with Crippen LogP contribution in [0.15, 0.2) is 24.3 Å². The highest BCUT2D eigenvalue weighted by Gasteiger charge is 2.18. The molecule has 1 atom stereocenters. The lowest BCUT2D eigenvalue weighted by molar-refractivity contribution is -0.642. The standard InChI is InChI=1S/C11H15N/c1-12-11-8-4-6-9-5-2-3-7-10(9)11/h2-3,5,7,11H,1,4,6,8,12H2/t11-/m0/s1. The molecule has 0 saturated heterocycles. The molecule has 0 unspecified atom stereocenters. The number of aryl methyl sites for hydroxylation is 1. The second-order valence-electron chi connectivity index (χ2n) is 3.43. The van der Waals surface area contributed by atoms with Crippen LogP contribution in [0.5, 0.6) is 0 Å². The summed E-state index contributed by atoms with van der Waals surface area (Å²) in [7, 11) is 3.88. The molecule has 1 aliphatic carbocycles. The predicted molar refractivity (Wildman–Crippen MR) is 49.4 cm³/mol. The first-order chi connectivity index (χ1) is 5.92. The molecular formula is C11H15N. The summed E-state index contributed by atoms with van der Waals surface area (Å²) in [4.78, 5) is 0. The fraction of sp³-hybridized carbons (Fsp3) is 0.364. The van der Waals surface area contributed by atoms with Gasteiger partial charge in [-0.25, -0.2) is 0 Å². The number of quaternary nitrogens is 1. The highest BCUT2D eigenvalue weighted by molar-refractivity contribution is 5.30. The molecule has 0 aromatic heterocycles. The van der Waals surface area contributed by atoms with Crippen LogP contribution in [0.25, 0.3) is 0 Å². The molecule has 0 heterocycles. The Bertz CT molecular complexity index is 267. The van der Waals surface area contributed by atoms with Gasteiger partial charge >= 0.3 is 0 Å². The summed E-state index contributed by atoms with van der Waals surface area (Å²) in [6, 6.07) is 9.34. The first-order valence-corrected chi connectivity index (χ1v) is 4.62. The molecule has 0 saturated carbocycles. The SMILES string of the molecule is [CH2-][NH2+][C@H]1CCCc2ccccc21. The van der Waals surface area contributed by atoms with E-state index in [2.05, 4.69) is 36.6 Å². The average molecular weight is 161 g/mol. The normalized spacial score (nSPS) is 21.9. The highest BCUT2D eigenvalue weighted by atomic mass is 14.9. The topological polar surface area (TPSA) is 16.6 Å². The second-order valence-corrected chi connectivity index (χ2v) is 3.43. The number of nitrogens with two attached hydrogens (primary N) is 1. The van der Waals surface area contributed by atoms with Gasteiger partial charge in [-0.2, -0.15) is 7.05 Å². The van der Waals surface area contributed by atoms with Crippen molar-refractivity contribution in [3.05, 3.63) is 42.4 Å². The van der Waals surface area contributed by atoms with Crippen molar-refractivity contribution in [3.63, 3.8) is 0 Å². The number of hydrogen-bond donors (Lipinski definition) is 1. The van der Waals surface area contributed by atoms with Crippen LogP contribution < -0.4 is 5.32 Å². The van der Waals surface area contributed by atoms with Crippen LogP contribution in [0.2, 0.25) is 0 Å². The minimum atomic E-state index is 0.606. The molecule has 0 bridgehead atoms. The van der Waals surface area contributed by atoms with Crippen molar-refractivity contribution in [2.75, 3.05) is 0 Å². The predicted octanol–water partition coefficient (Wildman–Crippen LogP) is 1.42. The molecule has 1 aliphatic rings. The number of fused-ring (bicyclic) bond motifs is 1. The summed E-state index contributed by atoms with van der Waals surface area (Å²) in [6.07, 6.45) is 3.84. The molecule has 64 valence electrons. The Balaban J connectivity index is 2.37. The van der Waals surface area contributed by atoms with Gasteiger partial charge in [0.15, 0.2) is 0 Å². The van der Waals surface area contributed by atoms with Crippen LogP contribution in [0.4, 0.5) is 0 Å². The van der Waals surface area contributed by atoms with Crippen LogP contribution in [-0.4, -0.2) is 0 Å². The van der Waals surface area contributed by atoms with Crippen LogP contribution in [0.1, 0.15) is 30.0 Å². The Morgan fingerprint density at radius 3 is 3.00 bits per heavy atom. The smallest absolute Gasteiger partial charge is 0.0879 e. The van der Waals surface area contributed by atoms with Crippen LogP contribution >= 0.6 is 0 Å². The van der Waals surface area contributed by atoms with Crippen LogP contribution in [-0.2, 0) is 6.42 Å². The monoisotopic (exact) mass is 161 g/mol. The van der Waals surface area contributed by atoms with E-state index in [9.17, 15) is 0 Å². The summed E-state index contributed by atoms with van der Waals surface area (Å²) < 4.78 is 0. The molecular weight excluding hydrogens is 146 g/mol. The van der Waals surface area contributed by atoms with Crippen LogP contribution in [0.3, 0.4) is 0 Å². The van der Waals surface area contributed by atoms with E-state index >= 15 is 0 Å². The van der Waals surface area contributed by atoms with Crippen molar-refractivity contribution >= 4 is 0 Å². The zero-order chi connectivity index (χ0) is 8.39. The molecule has 0 fully saturated rings. The maximum atomic E-state index is 3.88. The Hall–Kier alpha value is -0.820. The van der Waals surface area contributed by atoms with Gasteiger partial charge in [-0.1, -0.05) is 24.3 Å². The van der Waals surface area contributed by atoms with E-state index in [-0.39, 0.29) is 0 Å². The van der Waals surface area contributed by atoms with Gasteiger partial charge < -0.3 is 5.32 Å². The summed E-state index contributed by atoms with van der Waals surface area (Å²) in [6.45, 7) is 0. The van der Waals surface area contributed by atoms with Crippen molar-refractivity contribution in [2.24, 2.45) is 0 Å². The number of rotatable bonds is 1. The third-order valence-electron chi connectivity index (χ3n) is 2.70. The Morgan fingerprint density at radius 1 is 1.33 bits per heavy atom. The fourth-order valence-electron chi connectivity index (χ4n) is 2.04. The molecule has 1 aromatic carbocycles. The Kier molecular flexibility index (Phi) is 2.13. The zero-order valence-corrected chi connectivity index (χ0v) is 7.29. The van der Waals surface area contributed by atoms with E-state index < -0.39 is 0 Å². The van der Waals surface area contributed by atoms with Crippen molar-refractivity contribution in [2.45, 2.75) is 25.3 Å². The van der Waals surface area contributed by atoms with Gasteiger partial charge in [-0.05, 0) is 18.4 Å². The van der Waals surface area contributed by atoms with Crippen molar-refractivity contribution < 1.29 is 5.32 Å². The molecule has 2 rings (SSSR count). The first kappa shape index (κ1) is 7.81. The van der Waals surface area contributed by atoms with Gasteiger partial charge in [-0.3, -0.25) is 0 Å². The summed E-state index contributed by atoms with van der Waals surface area (Å²) in [5.41, 5.74) is 3.02. The molecule has 1 aromatic rings. The molecule has 1 nitrogen and oxygen atoms in total. The van der Waals surface area contributed by atoms with Gasteiger partial charge in [0.2, 0.25) is 0 Å². The largest absolute Gasteiger partial charge is 0.473 e. The molecule has 0 amide bonds.